The zero-order valence-electron chi connectivity index (χ0n) is 25.3. The minimum absolute atomic E-state index is 0.256. The third-order valence-electron chi connectivity index (χ3n) is 7.73. The lowest BCUT2D eigenvalue weighted by Crippen LogP contribution is -2.56. The van der Waals surface area contributed by atoms with Crippen LogP contribution in [0.1, 0.15) is 39.1 Å². The van der Waals surface area contributed by atoms with Crippen LogP contribution in [-0.4, -0.2) is 78.7 Å². The fourth-order valence-electron chi connectivity index (χ4n) is 5.54. The SMILES string of the molecule is Cc1ncnc2c1c(-c1ncccn1)cn2[C@@H]1O[C@H](COP(=O)(N[C@@H](C)C(=O)OC(C)C)Oc2ccccc2)[C@@H](O)[C@]12CCO2. The molecule has 14 nitrogen and oxygen atoms in total. The van der Waals surface area contributed by atoms with E-state index in [1.807, 2.05) is 13.1 Å². The van der Waals surface area contributed by atoms with Crippen LogP contribution >= 0.6 is 7.75 Å². The zero-order chi connectivity index (χ0) is 31.8. The van der Waals surface area contributed by atoms with Gasteiger partial charge in [0, 0.05) is 30.6 Å². The molecule has 0 bridgehead atoms. The molecule has 0 radical (unpaired) electrons. The first-order valence-electron chi connectivity index (χ1n) is 14.6. The van der Waals surface area contributed by atoms with Gasteiger partial charge in [0.05, 0.1) is 30.4 Å². The van der Waals surface area contributed by atoms with Gasteiger partial charge in [0.15, 0.2) is 12.1 Å². The quantitative estimate of drug-likeness (QED) is 0.180. The number of esters is 1. The average Bonchev–Trinajstić information content (AvgIpc) is 3.53. The van der Waals surface area contributed by atoms with Crippen molar-refractivity contribution in [3.8, 4) is 17.1 Å². The Morgan fingerprint density at radius 2 is 1.89 bits per heavy atom. The lowest BCUT2D eigenvalue weighted by molar-refractivity contribution is -0.225. The molecule has 45 heavy (non-hydrogen) atoms. The van der Waals surface area contributed by atoms with Crippen LogP contribution in [0.25, 0.3) is 22.4 Å². The van der Waals surface area contributed by atoms with Gasteiger partial charge in [-0.1, -0.05) is 18.2 Å². The molecule has 5 heterocycles. The highest BCUT2D eigenvalue weighted by Gasteiger charge is 2.62. The van der Waals surface area contributed by atoms with Gasteiger partial charge in [-0.15, -0.1) is 0 Å². The van der Waals surface area contributed by atoms with Crippen LogP contribution < -0.4 is 9.61 Å². The predicted molar refractivity (Wildman–Crippen MR) is 161 cm³/mol. The van der Waals surface area contributed by atoms with Gasteiger partial charge in [0.1, 0.15) is 41.6 Å². The molecule has 4 aromatic rings. The third-order valence-corrected chi connectivity index (χ3v) is 9.37. The lowest BCUT2D eigenvalue weighted by Gasteiger charge is -2.44. The van der Waals surface area contributed by atoms with Gasteiger partial charge in [-0.25, -0.2) is 24.5 Å². The number of carbonyl (C=O) groups excluding carboxylic acids is 1. The number of ether oxygens (including phenoxy) is 3. The topological polar surface area (TPSA) is 169 Å². The number of hydrogen-bond donors (Lipinski definition) is 2. The molecule has 6 atom stereocenters. The maximum Gasteiger partial charge on any atom is 0.459 e. The number of aromatic nitrogens is 5. The number of fused-ring (bicyclic) bond motifs is 1. The summed E-state index contributed by atoms with van der Waals surface area (Å²) in [5.74, 6) is 0.114. The Labute approximate surface area is 259 Å². The number of benzene rings is 1. The summed E-state index contributed by atoms with van der Waals surface area (Å²) in [6.07, 6.45) is 3.71. The molecule has 238 valence electrons. The van der Waals surface area contributed by atoms with Crippen LogP contribution in [0.5, 0.6) is 5.75 Å². The van der Waals surface area contributed by atoms with E-state index in [0.717, 1.165) is 11.1 Å². The van der Waals surface area contributed by atoms with Crippen LogP contribution in [0.15, 0.2) is 61.3 Å². The molecule has 2 aliphatic heterocycles. The number of aliphatic hydroxyl groups is 1. The van der Waals surface area contributed by atoms with Gasteiger partial charge < -0.3 is 28.4 Å². The number of rotatable bonds is 11. The summed E-state index contributed by atoms with van der Waals surface area (Å²) in [5.41, 5.74) is 0.845. The van der Waals surface area contributed by atoms with Crippen LogP contribution in [0, 0.1) is 6.92 Å². The van der Waals surface area contributed by atoms with Gasteiger partial charge >= 0.3 is 13.7 Å². The van der Waals surface area contributed by atoms with Crippen molar-refractivity contribution in [1.29, 1.82) is 0 Å². The van der Waals surface area contributed by atoms with E-state index in [0.29, 0.717) is 30.1 Å². The third kappa shape index (κ3) is 6.09. The molecule has 1 aromatic carbocycles. The Bertz CT molecular complexity index is 1700. The fourth-order valence-corrected chi connectivity index (χ4v) is 7.04. The maximum absolute atomic E-state index is 14.0. The van der Waals surface area contributed by atoms with Crippen molar-refractivity contribution in [3.63, 3.8) is 0 Å². The molecule has 1 unspecified atom stereocenters. The number of aryl methyl sites for hydroxylation is 1. The van der Waals surface area contributed by atoms with E-state index in [4.69, 9.17) is 23.3 Å². The van der Waals surface area contributed by atoms with Gasteiger partial charge in [-0.05, 0) is 45.9 Å². The fraction of sp³-hybridized carbons (Fsp3) is 0.433. The molecule has 0 aliphatic carbocycles. The van der Waals surface area contributed by atoms with Crippen LogP contribution in [0.2, 0.25) is 0 Å². The monoisotopic (exact) mass is 638 g/mol. The minimum Gasteiger partial charge on any atom is -0.462 e. The van der Waals surface area contributed by atoms with E-state index in [-0.39, 0.29) is 18.5 Å². The van der Waals surface area contributed by atoms with Crippen LogP contribution in [0.3, 0.4) is 0 Å². The summed E-state index contributed by atoms with van der Waals surface area (Å²) < 4.78 is 45.2. The highest BCUT2D eigenvalue weighted by atomic mass is 31.2. The highest BCUT2D eigenvalue weighted by Crippen LogP contribution is 2.52. The predicted octanol–water partition coefficient (Wildman–Crippen LogP) is 3.75. The summed E-state index contributed by atoms with van der Waals surface area (Å²) in [7, 11) is -4.21. The summed E-state index contributed by atoms with van der Waals surface area (Å²) in [4.78, 5) is 30.3. The molecule has 2 fully saturated rings. The first-order valence-corrected chi connectivity index (χ1v) is 16.2. The molecule has 2 saturated heterocycles. The lowest BCUT2D eigenvalue weighted by atomic mass is 9.86. The molecule has 3 aromatic heterocycles. The van der Waals surface area contributed by atoms with Crippen molar-refractivity contribution in [3.05, 3.63) is 67.0 Å². The van der Waals surface area contributed by atoms with E-state index in [1.54, 1.807) is 67.2 Å². The standard InChI is InChI=1S/C30H35N6O8P/c1-18(2)42-28(38)20(4)35-45(39,44-21-9-6-5-7-10-21)41-16-23-25(37)30(11-14-40-30)29(43-23)36-15-22(26-31-12-8-13-32-26)24-19(3)33-17-34-27(24)36/h5-10,12-13,15,17-18,20,23,25,29,37H,11,14,16H2,1-4H3,(H,35,39)/t20-,23+,25+,29+,30+,45?/m0/s1. The number of aliphatic hydroxyl groups excluding tert-OH is 1. The van der Waals surface area contributed by atoms with Gasteiger partial charge in [-0.2, -0.15) is 5.09 Å². The maximum atomic E-state index is 14.0. The summed E-state index contributed by atoms with van der Waals surface area (Å²) in [6.45, 7) is 6.86. The van der Waals surface area contributed by atoms with Gasteiger partial charge in [0.2, 0.25) is 0 Å². The van der Waals surface area contributed by atoms with E-state index in [2.05, 4.69) is 25.0 Å². The van der Waals surface area contributed by atoms with Crippen LogP contribution in [-0.2, 0) is 28.1 Å². The van der Waals surface area contributed by atoms with Crippen molar-refractivity contribution in [2.24, 2.45) is 0 Å². The molecule has 15 heteroatoms. The Kier molecular flexibility index (Phi) is 8.70. The second-order valence-corrected chi connectivity index (χ2v) is 12.9. The molecule has 0 saturated carbocycles. The second kappa shape index (κ2) is 12.5. The van der Waals surface area contributed by atoms with E-state index >= 15 is 0 Å². The molecule has 1 spiro atoms. The van der Waals surface area contributed by atoms with Crippen molar-refractivity contribution in [2.75, 3.05) is 13.2 Å². The molecular formula is C30H35N6O8P. The minimum atomic E-state index is -4.21. The van der Waals surface area contributed by atoms with Crippen molar-refractivity contribution >= 4 is 24.7 Å². The molecular weight excluding hydrogens is 603 g/mol. The number of hydrogen-bond acceptors (Lipinski definition) is 12. The van der Waals surface area contributed by atoms with E-state index in [9.17, 15) is 14.5 Å². The summed E-state index contributed by atoms with van der Waals surface area (Å²) >= 11 is 0. The van der Waals surface area contributed by atoms with Crippen molar-refractivity contribution in [2.45, 2.75) is 70.3 Å². The summed E-state index contributed by atoms with van der Waals surface area (Å²) in [5, 5.41) is 15.0. The Balaban J connectivity index is 1.29. The van der Waals surface area contributed by atoms with Crippen molar-refractivity contribution < 1.29 is 37.7 Å². The molecule has 0 amide bonds. The first-order chi connectivity index (χ1) is 21.6. The van der Waals surface area contributed by atoms with Gasteiger partial charge in [-0.3, -0.25) is 9.32 Å². The number of nitrogens with zero attached hydrogens (tertiary/aromatic N) is 5. The average molecular weight is 639 g/mol. The molecule has 2 aliphatic rings. The first kappa shape index (κ1) is 31.2. The number of nitrogens with one attached hydrogen (secondary N) is 1. The van der Waals surface area contributed by atoms with Crippen LogP contribution in [0.4, 0.5) is 0 Å². The van der Waals surface area contributed by atoms with Crippen molar-refractivity contribution in [1.82, 2.24) is 29.6 Å². The second-order valence-electron chi connectivity index (χ2n) is 11.2. The summed E-state index contributed by atoms with van der Waals surface area (Å²) in [6, 6.07) is 9.12. The van der Waals surface area contributed by atoms with E-state index < -0.39 is 43.8 Å². The normalized spacial score (nSPS) is 24.8. The number of para-hydroxylation sites is 1. The Morgan fingerprint density at radius 3 is 2.56 bits per heavy atom. The molecule has 2 N–H and O–H groups in total. The molecule has 6 rings (SSSR count). The van der Waals surface area contributed by atoms with Gasteiger partial charge in [0.25, 0.3) is 0 Å². The Hall–Kier alpha value is -3.78. The zero-order valence-corrected chi connectivity index (χ0v) is 26.2. The number of carbonyl (C=O) groups is 1. The smallest absolute Gasteiger partial charge is 0.459 e. The largest absolute Gasteiger partial charge is 0.462 e. The Morgan fingerprint density at radius 1 is 1.16 bits per heavy atom. The highest BCUT2D eigenvalue weighted by molar-refractivity contribution is 7.52. The van der Waals surface area contributed by atoms with E-state index in [1.165, 1.54) is 13.3 Å².